The summed E-state index contributed by atoms with van der Waals surface area (Å²) in [5, 5.41) is 19.8. The van der Waals surface area contributed by atoms with Crippen molar-refractivity contribution < 1.29 is 10.2 Å². The number of rotatable bonds is 2. The fraction of sp³-hybridized carbons (Fsp3) is 0.250. The Kier molecular flexibility index (Phi) is 2.94. The molecular weight excluding hydrogens is 222 g/mol. The topological polar surface area (TPSA) is 53.4 Å². The van der Waals surface area contributed by atoms with Gasteiger partial charge in [-0.05, 0) is 26.0 Å². The Balaban J connectivity index is 2.45. The van der Waals surface area contributed by atoms with Gasteiger partial charge >= 0.3 is 0 Å². The van der Waals surface area contributed by atoms with E-state index in [1.807, 2.05) is 13.0 Å². The molecule has 0 radical (unpaired) electrons. The van der Waals surface area contributed by atoms with Crippen molar-refractivity contribution in [1.29, 1.82) is 0 Å². The number of thiazole rings is 1. The predicted molar refractivity (Wildman–Crippen MR) is 64.6 cm³/mol. The number of aromatic nitrogens is 1. The van der Waals surface area contributed by atoms with E-state index in [4.69, 9.17) is 0 Å². The first kappa shape index (κ1) is 11.1. The Hall–Kier alpha value is -1.39. The number of nitrogens with zero attached hydrogens (tertiary/aromatic N) is 1. The molecule has 0 aliphatic heterocycles. The van der Waals surface area contributed by atoms with Crippen LogP contribution in [0.1, 0.15) is 23.6 Å². The Morgan fingerprint density at radius 3 is 2.69 bits per heavy atom. The Morgan fingerprint density at radius 2 is 2.12 bits per heavy atom. The fourth-order valence-electron chi connectivity index (χ4n) is 1.56. The molecule has 16 heavy (non-hydrogen) atoms. The number of hydrogen-bond acceptors (Lipinski definition) is 4. The standard InChI is InChI=1S/C12H13NO2S/c1-7-11(8(2)14)16-12(13-7)9-4-3-5-10(15)6-9/h3-6,8,14-15H,1-2H3. The quantitative estimate of drug-likeness (QED) is 0.841. The van der Waals surface area contributed by atoms with E-state index in [1.165, 1.54) is 11.3 Å². The van der Waals surface area contributed by atoms with Gasteiger partial charge < -0.3 is 10.2 Å². The third-order valence-corrected chi connectivity index (χ3v) is 3.68. The van der Waals surface area contributed by atoms with Crippen molar-refractivity contribution in [2.45, 2.75) is 20.0 Å². The molecule has 84 valence electrons. The zero-order chi connectivity index (χ0) is 11.7. The molecule has 1 unspecified atom stereocenters. The van der Waals surface area contributed by atoms with Gasteiger partial charge in [0.2, 0.25) is 0 Å². The maximum Gasteiger partial charge on any atom is 0.124 e. The number of phenols is 1. The summed E-state index contributed by atoms with van der Waals surface area (Å²) in [7, 11) is 0. The summed E-state index contributed by atoms with van der Waals surface area (Å²) in [5.41, 5.74) is 1.72. The van der Waals surface area contributed by atoms with Gasteiger partial charge in [0.1, 0.15) is 10.8 Å². The second-order valence-electron chi connectivity index (χ2n) is 3.69. The van der Waals surface area contributed by atoms with E-state index < -0.39 is 6.10 Å². The average molecular weight is 235 g/mol. The molecule has 0 bridgehead atoms. The minimum absolute atomic E-state index is 0.226. The number of benzene rings is 1. The third kappa shape index (κ3) is 2.08. The van der Waals surface area contributed by atoms with Crippen LogP contribution in [0.3, 0.4) is 0 Å². The highest BCUT2D eigenvalue weighted by Crippen LogP contribution is 2.32. The minimum atomic E-state index is -0.497. The van der Waals surface area contributed by atoms with E-state index in [2.05, 4.69) is 4.98 Å². The molecule has 0 saturated heterocycles. The van der Waals surface area contributed by atoms with Crippen molar-refractivity contribution >= 4 is 11.3 Å². The molecule has 0 spiro atoms. The number of hydrogen-bond donors (Lipinski definition) is 2. The lowest BCUT2D eigenvalue weighted by atomic mass is 10.2. The summed E-state index contributed by atoms with van der Waals surface area (Å²) in [6, 6.07) is 6.97. The zero-order valence-corrected chi connectivity index (χ0v) is 9.95. The smallest absolute Gasteiger partial charge is 0.124 e. The summed E-state index contributed by atoms with van der Waals surface area (Å²) < 4.78 is 0. The van der Waals surface area contributed by atoms with Crippen molar-refractivity contribution in [2.24, 2.45) is 0 Å². The average Bonchev–Trinajstić information content (AvgIpc) is 2.60. The molecule has 0 fully saturated rings. The third-order valence-electron chi connectivity index (χ3n) is 2.31. The molecule has 3 nitrogen and oxygen atoms in total. The molecule has 0 amide bonds. The summed E-state index contributed by atoms with van der Waals surface area (Å²) >= 11 is 1.46. The van der Waals surface area contributed by atoms with Gasteiger partial charge in [-0.25, -0.2) is 4.98 Å². The lowest BCUT2D eigenvalue weighted by Gasteiger charge is -1.99. The van der Waals surface area contributed by atoms with Gasteiger partial charge in [-0.3, -0.25) is 0 Å². The van der Waals surface area contributed by atoms with Crippen LogP contribution in [0.4, 0.5) is 0 Å². The van der Waals surface area contributed by atoms with Crippen LogP contribution in [0.2, 0.25) is 0 Å². The second-order valence-corrected chi connectivity index (χ2v) is 4.73. The molecule has 1 atom stereocenters. The lowest BCUT2D eigenvalue weighted by Crippen LogP contribution is -1.88. The highest BCUT2D eigenvalue weighted by atomic mass is 32.1. The number of phenolic OH excluding ortho intramolecular Hbond substituents is 1. The molecule has 1 heterocycles. The number of aromatic hydroxyl groups is 1. The molecule has 0 aliphatic rings. The van der Waals surface area contributed by atoms with E-state index in [-0.39, 0.29) is 5.75 Å². The van der Waals surface area contributed by atoms with Crippen molar-refractivity contribution in [3.05, 3.63) is 34.8 Å². The fourth-order valence-corrected chi connectivity index (χ4v) is 2.56. The van der Waals surface area contributed by atoms with Crippen LogP contribution in [-0.2, 0) is 0 Å². The van der Waals surface area contributed by atoms with Gasteiger partial charge in [-0.1, -0.05) is 12.1 Å². The van der Waals surface area contributed by atoms with Gasteiger partial charge in [0.05, 0.1) is 16.7 Å². The molecule has 2 aromatic rings. The van der Waals surface area contributed by atoms with E-state index in [1.54, 1.807) is 25.1 Å². The monoisotopic (exact) mass is 235 g/mol. The first-order valence-corrected chi connectivity index (χ1v) is 5.84. The SMILES string of the molecule is Cc1nc(-c2cccc(O)c2)sc1C(C)O. The van der Waals surface area contributed by atoms with E-state index in [0.717, 1.165) is 21.1 Å². The predicted octanol–water partition coefficient (Wildman–Crippen LogP) is 2.88. The second kappa shape index (κ2) is 4.23. The molecular formula is C12H13NO2S. The van der Waals surface area contributed by atoms with Gasteiger partial charge in [0.15, 0.2) is 0 Å². The molecule has 4 heteroatoms. The van der Waals surface area contributed by atoms with Crippen molar-refractivity contribution in [1.82, 2.24) is 4.98 Å². The van der Waals surface area contributed by atoms with Crippen LogP contribution < -0.4 is 0 Å². The maximum absolute atomic E-state index is 9.54. The highest BCUT2D eigenvalue weighted by Gasteiger charge is 2.13. The highest BCUT2D eigenvalue weighted by molar-refractivity contribution is 7.15. The Bertz CT molecular complexity index is 505. The van der Waals surface area contributed by atoms with Crippen LogP contribution in [0.15, 0.2) is 24.3 Å². The number of aryl methyl sites for hydroxylation is 1. The first-order chi connectivity index (χ1) is 7.58. The van der Waals surface area contributed by atoms with Crippen LogP contribution in [0.25, 0.3) is 10.6 Å². The van der Waals surface area contributed by atoms with Crippen molar-refractivity contribution in [3.63, 3.8) is 0 Å². The molecule has 0 saturated carbocycles. The van der Waals surface area contributed by atoms with E-state index >= 15 is 0 Å². The minimum Gasteiger partial charge on any atom is -0.508 e. The lowest BCUT2D eigenvalue weighted by molar-refractivity contribution is 0.202. The van der Waals surface area contributed by atoms with Gasteiger partial charge in [0, 0.05) is 5.56 Å². The normalized spacial score (nSPS) is 12.7. The molecule has 2 N–H and O–H groups in total. The van der Waals surface area contributed by atoms with Gasteiger partial charge in [0.25, 0.3) is 0 Å². The van der Waals surface area contributed by atoms with Crippen LogP contribution >= 0.6 is 11.3 Å². The van der Waals surface area contributed by atoms with Gasteiger partial charge in [-0.15, -0.1) is 11.3 Å². The van der Waals surface area contributed by atoms with Crippen molar-refractivity contribution in [3.8, 4) is 16.3 Å². The molecule has 1 aromatic heterocycles. The van der Waals surface area contributed by atoms with E-state index in [0.29, 0.717) is 0 Å². The van der Waals surface area contributed by atoms with E-state index in [9.17, 15) is 10.2 Å². The zero-order valence-electron chi connectivity index (χ0n) is 9.14. The van der Waals surface area contributed by atoms with Crippen LogP contribution in [0.5, 0.6) is 5.75 Å². The van der Waals surface area contributed by atoms with Crippen LogP contribution in [0, 0.1) is 6.92 Å². The number of aliphatic hydroxyl groups excluding tert-OH is 1. The summed E-state index contributed by atoms with van der Waals surface area (Å²) in [5.74, 6) is 0.226. The Labute approximate surface area is 98.0 Å². The van der Waals surface area contributed by atoms with Crippen molar-refractivity contribution in [2.75, 3.05) is 0 Å². The Morgan fingerprint density at radius 1 is 1.38 bits per heavy atom. The summed E-state index contributed by atoms with van der Waals surface area (Å²) in [6.45, 7) is 3.61. The number of aliphatic hydroxyl groups is 1. The summed E-state index contributed by atoms with van der Waals surface area (Å²) in [4.78, 5) is 5.26. The first-order valence-electron chi connectivity index (χ1n) is 5.02. The molecule has 1 aromatic carbocycles. The largest absolute Gasteiger partial charge is 0.508 e. The maximum atomic E-state index is 9.54. The molecule has 2 rings (SSSR count). The van der Waals surface area contributed by atoms with Crippen LogP contribution in [-0.4, -0.2) is 15.2 Å². The molecule has 0 aliphatic carbocycles. The summed E-state index contributed by atoms with van der Waals surface area (Å²) in [6.07, 6.45) is -0.497. The van der Waals surface area contributed by atoms with Gasteiger partial charge in [-0.2, -0.15) is 0 Å².